The van der Waals surface area contributed by atoms with Crippen molar-refractivity contribution < 1.29 is 9.53 Å². The largest absolute Gasteiger partial charge is 0.461 e. The fourth-order valence-corrected chi connectivity index (χ4v) is 3.06. The number of hydrogen-bond donors (Lipinski definition) is 0. The minimum atomic E-state index is -0.205. The van der Waals surface area contributed by atoms with Crippen LogP contribution in [0.1, 0.15) is 11.1 Å². The number of carbonyl (C=O) groups excluding carboxylic acids is 1. The van der Waals surface area contributed by atoms with Gasteiger partial charge in [-0.05, 0) is 38.7 Å². The van der Waals surface area contributed by atoms with Crippen LogP contribution in [0.25, 0.3) is 21.5 Å². The molecule has 0 saturated carbocycles. The molecule has 4 aromatic carbocycles. The second kappa shape index (κ2) is 6.78. The zero-order valence-corrected chi connectivity index (χ0v) is 13.8. The van der Waals surface area contributed by atoms with Gasteiger partial charge in [0.25, 0.3) is 0 Å². The summed E-state index contributed by atoms with van der Waals surface area (Å²) in [5.41, 5.74) is 1.98. The summed E-state index contributed by atoms with van der Waals surface area (Å²) < 4.78 is 5.45. The molecule has 0 atom stereocenters. The Morgan fingerprint density at radius 2 is 1.16 bits per heavy atom. The highest BCUT2D eigenvalue weighted by molar-refractivity contribution is 5.85. The first-order valence-corrected chi connectivity index (χ1v) is 8.39. The SMILES string of the molecule is O=C(Cc1ccc2ccccc2c1)OCc1ccc2ccccc2c1. The first-order chi connectivity index (χ1) is 12.3. The van der Waals surface area contributed by atoms with Gasteiger partial charge in [-0.25, -0.2) is 0 Å². The molecule has 0 aliphatic rings. The molecule has 0 aromatic heterocycles. The molecule has 2 heteroatoms. The summed E-state index contributed by atoms with van der Waals surface area (Å²) >= 11 is 0. The number of hydrogen-bond acceptors (Lipinski definition) is 2. The van der Waals surface area contributed by atoms with Crippen molar-refractivity contribution in [1.82, 2.24) is 0 Å². The van der Waals surface area contributed by atoms with Gasteiger partial charge in [-0.2, -0.15) is 0 Å². The highest BCUT2D eigenvalue weighted by Crippen LogP contribution is 2.18. The summed E-state index contributed by atoms with van der Waals surface area (Å²) in [4.78, 5) is 12.2. The summed E-state index contributed by atoms with van der Waals surface area (Å²) in [7, 11) is 0. The van der Waals surface area contributed by atoms with E-state index in [1.165, 1.54) is 10.8 Å². The third-order valence-electron chi connectivity index (χ3n) is 4.38. The Bertz CT molecular complexity index is 1050. The minimum absolute atomic E-state index is 0.205. The number of benzene rings is 4. The van der Waals surface area contributed by atoms with Gasteiger partial charge in [-0.3, -0.25) is 4.79 Å². The quantitative estimate of drug-likeness (QED) is 0.477. The van der Waals surface area contributed by atoms with Crippen LogP contribution in [0, 0.1) is 0 Å². The Hall–Kier alpha value is -3.13. The van der Waals surface area contributed by atoms with Crippen molar-refractivity contribution in [3.8, 4) is 0 Å². The zero-order chi connectivity index (χ0) is 17.1. The number of carbonyl (C=O) groups is 1. The van der Waals surface area contributed by atoms with E-state index in [2.05, 4.69) is 36.4 Å². The molecule has 0 amide bonds. The second-order valence-electron chi connectivity index (χ2n) is 6.20. The van der Waals surface area contributed by atoms with Crippen molar-refractivity contribution in [3.63, 3.8) is 0 Å². The first-order valence-electron chi connectivity index (χ1n) is 8.39. The fraction of sp³-hybridized carbons (Fsp3) is 0.0870. The Morgan fingerprint density at radius 1 is 0.640 bits per heavy atom. The molecule has 0 unspecified atom stereocenters. The molecule has 0 aliphatic carbocycles. The van der Waals surface area contributed by atoms with Crippen LogP contribution in [-0.4, -0.2) is 5.97 Å². The van der Waals surface area contributed by atoms with Crippen molar-refractivity contribution in [2.75, 3.05) is 0 Å². The van der Waals surface area contributed by atoms with E-state index in [1.807, 2.05) is 48.5 Å². The maximum absolute atomic E-state index is 12.2. The molecule has 4 aromatic rings. The van der Waals surface area contributed by atoms with Crippen molar-refractivity contribution in [3.05, 3.63) is 96.1 Å². The van der Waals surface area contributed by atoms with Crippen LogP contribution in [0.2, 0.25) is 0 Å². The maximum Gasteiger partial charge on any atom is 0.310 e. The van der Waals surface area contributed by atoms with Crippen LogP contribution < -0.4 is 0 Å². The predicted molar refractivity (Wildman–Crippen MR) is 101 cm³/mol. The van der Waals surface area contributed by atoms with E-state index in [0.29, 0.717) is 13.0 Å². The minimum Gasteiger partial charge on any atom is -0.461 e. The van der Waals surface area contributed by atoms with E-state index in [-0.39, 0.29) is 5.97 Å². The molecule has 0 bridgehead atoms. The average molecular weight is 326 g/mol. The number of esters is 1. The van der Waals surface area contributed by atoms with E-state index in [0.717, 1.165) is 21.9 Å². The van der Waals surface area contributed by atoms with Crippen LogP contribution in [0.3, 0.4) is 0 Å². The maximum atomic E-state index is 12.2. The summed E-state index contributed by atoms with van der Waals surface area (Å²) in [5, 5.41) is 4.66. The van der Waals surface area contributed by atoms with Crippen LogP contribution in [0.4, 0.5) is 0 Å². The lowest BCUT2D eigenvalue weighted by atomic mass is 10.1. The number of rotatable bonds is 4. The lowest BCUT2D eigenvalue weighted by Crippen LogP contribution is -2.08. The molecular formula is C23H18O2. The van der Waals surface area contributed by atoms with Gasteiger partial charge in [0, 0.05) is 0 Å². The lowest BCUT2D eigenvalue weighted by Gasteiger charge is -2.07. The van der Waals surface area contributed by atoms with E-state index in [1.54, 1.807) is 0 Å². The first kappa shape index (κ1) is 15.4. The molecule has 0 saturated heterocycles. The lowest BCUT2D eigenvalue weighted by molar-refractivity contribution is -0.144. The molecule has 2 nitrogen and oxygen atoms in total. The van der Waals surface area contributed by atoms with Crippen molar-refractivity contribution in [2.24, 2.45) is 0 Å². The van der Waals surface area contributed by atoms with Crippen LogP contribution >= 0.6 is 0 Å². The fourth-order valence-electron chi connectivity index (χ4n) is 3.06. The summed E-state index contributed by atoms with van der Waals surface area (Å²) in [6, 6.07) is 28.5. The van der Waals surface area contributed by atoms with Crippen LogP contribution in [0.5, 0.6) is 0 Å². The van der Waals surface area contributed by atoms with Gasteiger partial charge in [-0.1, -0.05) is 78.9 Å². The molecular weight excluding hydrogens is 308 g/mol. The normalized spacial score (nSPS) is 10.9. The Kier molecular flexibility index (Phi) is 4.17. The zero-order valence-electron chi connectivity index (χ0n) is 13.8. The summed E-state index contributed by atoms with van der Waals surface area (Å²) in [6.45, 7) is 0.303. The summed E-state index contributed by atoms with van der Waals surface area (Å²) in [6.07, 6.45) is 0.290. The molecule has 4 rings (SSSR count). The molecule has 0 heterocycles. The smallest absolute Gasteiger partial charge is 0.310 e. The predicted octanol–water partition coefficient (Wildman–Crippen LogP) is 5.28. The summed E-state index contributed by atoms with van der Waals surface area (Å²) in [5.74, 6) is -0.205. The van der Waals surface area contributed by atoms with Crippen molar-refractivity contribution >= 4 is 27.5 Å². The molecule has 0 fully saturated rings. The molecule has 0 radical (unpaired) electrons. The molecule has 25 heavy (non-hydrogen) atoms. The Morgan fingerprint density at radius 3 is 1.80 bits per heavy atom. The molecule has 0 N–H and O–H groups in total. The van der Waals surface area contributed by atoms with E-state index < -0.39 is 0 Å². The van der Waals surface area contributed by atoms with Gasteiger partial charge in [0.2, 0.25) is 0 Å². The van der Waals surface area contributed by atoms with E-state index in [9.17, 15) is 4.79 Å². The highest BCUT2D eigenvalue weighted by atomic mass is 16.5. The standard InChI is InChI=1S/C23H18O2/c24-23(15-17-9-11-19-5-1-3-7-21(19)13-17)25-16-18-10-12-20-6-2-4-8-22(20)14-18/h1-14H,15-16H2. The Labute approximate surface area is 146 Å². The number of ether oxygens (including phenoxy) is 1. The second-order valence-corrected chi connectivity index (χ2v) is 6.20. The molecule has 122 valence electrons. The van der Waals surface area contributed by atoms with Crippen LogP contribution in [-0.2, 0) is 22.6 Å². The molecule has 0 spiro atoms. The average Bonchev–Trinajstić information content (AvgIpc) is 2.66. The van der Waals surface area contributed by atoms with Crippen LogP contribution in [0.15, 0.2) is 84.9 Å². The van der Waals surface area contributed by atoms with E-state index >= 15 is 0 Å². The van der Waals surface area contributed by atoms with Gasteiger partial charge in [0.15, 0.2) is 0 Å². The van der Waals surface area contributed by atoms with Crippen molar-refractivity contribution in [2.45, 2.75) is 13.0 Å². The van der Waals surface area contributed by atoms with Gasteiger partial charge in [0.1, 0.15) is 6.61 Å². The number of fused-ring (bicyclic) bond motifs is 2. The highest BCUT2D eigenvalue weighted by Gasteiger charge is 2.06. The van der Waals surface area contributed by atoms with Gasteiger partial charge in [-0.15, -0.1) is 0 Å². The van der Waals surface area contributed by atoms with Gasteiger partial charge < -0.3 is 4.74 Å². The Balaban J connectivity index is 1.42. The topological polar surface area (TPSA) is 26.3 Å². The van der Waals surface area contributed by atoms with Gasteiger partial charge >= 0.3 is 5.97 Å². The van der Waals surface area contributed by atoms with Crippen molar-refractivity contribution in [1.29, 1.82) is 0 Å². The monoisotopic (exact) mass is 326 g/mol. The third-order valence-corrected chi connectivity index (χ3v) is 4.38. The van der Waals surface area contributed by atoms with Gasteiger partial charge in [0.05, 0.1) is 6.42 Å². The molecule has 0 aliphatic heterocycles. The third kappa shape index (κ3) is 3.53. The van der Waals surface area contributed by atoms with E-state index in [4.69, 9.17) is 4.74 Å².